The molecule has 0 aliphatic heterocycles. The van der Waals surface area contributed by atoms with Crippen LogP contribution in [0.4, 0.5) is 0 Å². The van der Waals surface area contributed by atoms with Crippen molar-refractivity contribution in [3.8, 4) is 28.6 Å². The molecule has 0 bridgehead atoms. The summed E-state index contributed by atoms with van der Waals surface area (Å²) in [7, 11) is 0. The number of aliphatic carboxylic acids is 1. The Bertz CT molecular complexity index is 1680. The van der Waals surface area contributed by atoms with E-state index >= 15 is 0 Å². The van der Waals surface area contributed by atoms with Crippen LogP contribution in [0.2, 0.25) is 0 Å². The molecule has 2 aromatic heterocycles. The summed E-state index contributed by atoms with van der Waals surface area (Å²) < 4.78 is 5.76. The summed E-state index contributed by atoms with van der Waals surface area (Å²) in [6.07, 6.45) is 4.55. The van der Waals surface area contributed by atoms with E-state index in [0.717, 1.165) is 16.5 Å². The first-order valence-corrected chi connectivity index (χ1v) is 11.3. The molecule has 2 heterocycles. The van der Waals surface area contributed by atoms with Crippen LogP contribution in [-0.4, -0.2) is 43.3 Å². The topological polar surface area (TPSA) is 156 Å². The van der Waals surface area contributed by atoms with Crippen molar-refractivity contribution in [2.45, 2.75) is 12.5 Å². The molecule has 0 fully saturated rings. The van der Waals surface area contributed by atoms with Gasteiger partial charge >= 0.3 is 5.97 Å². The average Bonchev–Trinajstić information content (AvgIpc) is 3.51. The third-order valence-corrected chi connectivity index (χ3v) is 6.08. The number of phenolic OH excluding ortho intramolecular Hbond substituents is 3. The van der Waals surface area contributed by atoms with Gasteiger partial charge in [0, 0.05) is 40.5 Å². The number of aromatic amines is 1. The van der Waals surface area contributed by atoms with E-state index in [1.165, 1.54) is 30.4 Å². The number of H-pyrrole nitrogens is 1. The molecule has 1 amide bonds. The maximum atomic E-state index is 12.6. The fourth-order valence-corrected chi connectivity index (χ4v) is 4.20. The van der Waals surface area contributed by atoms with E-state index in [2.05, 4.69) is 10.3 Å². The Morgan fingerprint density at radius 3 is 2.51 bits per heavy atom. The average molecular weight is 498 g/mol. The Morgan fingerprint density at radius 1 is 0.946 bits per heavy atom. The number of aromatic hydroxyl groups is 3. The second kappa shape index (κ2) is 9.46. The van der Waals surface area contributed by atoms with E-state index in [-0.39, 0.29) is 29.3 Å². The minimum atomic E-state index is -1.16. The lowest BCUT2D eigenvalue weighted by Gasteiger charge is -2.13. The molecule has 5 rings (SSSR count). The molecule has 186 valence electrons. The normalized spacial score (nSPS) is 12.3. The minimum Gasteiger partial charge on any atom is -0.504 e. The summed E-state index contributed by atoms with van der Waals surface area (Å²) in [4.78, 5) is 27.6. The van der Waals surface area contributed by atoms with Crippen molar-refractivity contribution in [1.82, 2.24) is 10.3 Å². The van der Waals surface area contributed by atoms with Gasteiger partial charge < -0.3 is 35.1 Å². The molecule has 0 aliphatic carbocycles. The molecule has 0 radical (unpaired) electrons. The maximum absolute atomic E-state index is 12.6. The van der Waals surface area contributed by atoms with Gasteiger partial charge in [0.2, 0.25) is 5.91 Å². The largest absolute Gasteiger partial charge is 0.504 e. The second-order valence-electron chi connectivity index (χ2n) is 8.53. The first-order chi connectivity index (χ1) is 17.8. The summed E-state index contributed by atoms with van der Waals surface area (Å²) in [5, 5.41) is 43.2. The van der Waals surface area contributed by atoms with Gasteiger partial charge in [-0.25, -0.2) is 4.79 Å². The lowest BCUT2D eigenvalue weighted by atomic mass is 10.0. The Labute approximate surface area is 209 Å². The Hall–Kier alpha value is -5.18. The highest BCUT2D eigenvalue weighted by Crippen LogP contribution is 2.37. The van der Waals surface area contributed by atoms with Gasteiger partial charge in [-0.1, -0.05) is 24.3 Å². The predicted molar refractivity (Wildman–Crippen MR) is 137 cm³/mol. The van der Waals surface area contributed by atoms with Crippen molar-refractivity contribution >= 4 is 39.8 Å². The van der Waals surface area contributed by atoms with Crippen LogP contribution in [0, 0.1) is 0 Å². The van der Waals surface area contributed by atoms with Crippen LogP contribution >= 0.6 is 0 Å². The fraction of sp³-hybridized carbons (Fsp3) is 0.0714. The van der Waals surface area contributed by atoms with Crippen LogP contribution in [-0.2, 0) is 16.0 Å². The maximum Gasteiger partial charge on any atom is 0.326 e. The molecular formula is C28H22N2O7. The Morgan fingerprint density at radius 2 is 1.73 bits per heavy atom. The van der Waals surface area contributed by atoms with E-state index in [9.17, 15) is 30.0 Å². The number of hydrogen-bond donors (Lipinski definition) is 6. The van der Waals surface area contributed by atoms with E-state index in [1.807, 2.05) is 24.3 Å². The Balaban J connectivity index is 1.37. The first kappa shape index (κ1) is 23.6. The summed E-state index contributed by atoms with van der Waals surface area (Å²) in [5.74, 6) is -2.14. The number of para-hydroxylation sites is 1. The number of fused-ring (bicyclic) bond motifs is 2. The third kappa shape index (κ3) is 4.70. The molecule has 5 aromatic rings. The minimum absolute atomic E-state index is 0.104. The fourth-order valence-electron chi connectivity index (χ4n) is 4.20. The monoisotopic (exact) mass is 498 g/mol. The van der Waals surface area contributed by atoms with Crippen LogP contribution in [0.25, 0.3) is 39.3 Å². The lowest BCUT2D eigenvalue weighted by Crippen LogP contribution is -2.41. The van der Waals surface area contributed by atoms with Crippen molar-refractivity contribution < 1.29 is 34.4 Å². The zero-order valence-corrected chi connectivity index (χ0v) is 19.3. The predicted octanol–water partition coefficient (Wildman–Crippen LogP) is 4.52. The third-order valence-electron chi connectivity index (χ3n) is 6.08. The molecule has 9 nitrogen and oxygen atoms in total. The first-order valence-electron chi connectivity index (χ1n) is 11.3. The van der Waals surface area contributed by atoms with Crippen molar-refractivity contribution in [2.75, 3.05) is 0 Å². The SMILES string of the molecule is O=C(/C=C/c1ccc(O)c2oc(-c3ccc(O)c(O)c3)cc12)N[C@H](Cc1c[nH]c2ccccc12)C(=O)O. The molecule has 1 atom stereocenters. The molecule has 37 heavy (non-hydrogen) atoms. The number of carboxylic acid groups (broad SMARTS) is 1. The van der Waals surface area contributed by atoms with Crippen molar-refractivity contribution in [3.63, 3.8) is 0 Å². The summed E-state index contributed by atoms with van der Waals surface area (Å²) in [6.45, 7) is 0. The van der Waals surface area contributed by atoms with Crippen LogP contribution in [0.5, 0.6) is 17.2 Å². The number of rotatable bonds is 7. The van der Waals surface area contributed by atoms with E-state index < -0.39 is 17.9 Å². The molecule has 6 N–H and O–H groups in total. The van der Waals surface area contributed by atoms with Gasteiger partial charge in [0.05, 0.1) is 0 Å². The standard InChI is InChI=1S/C28H22N2O7/c31-22-8-6-16(12-24(22)33)25-13-19-15(5-9-23(32)27(19)37-25)7-10-26(34)30-21(28(35)36)11-17-14-29-20-4-2-1-3-18(17)20/h1-10,12-14,21,29,31-33H,11H2,(H,30,34)(H,35,36)/b10-7+/t21-/m1/s1. The summed E-state index contributed by atoms with van der Waals surface area (Å²) >= 11 is 0. The molecular weight excluding hydrogens is 476 g/mol. The quantitative estimate of drug-likeness (QED) is 0.142. The number of nitrogens with one attached hydrogen (secondary N) is 2. The van der Waals surface area contributed by atoms with Crippen molar-refractivity contribution in [3.05, 3.63) is 84.1 Å². The van der Waals surface area contributed by atoms with Crippen molar-refractivity contribution in [2.24, 2.45) is 0 Å². The molecule has 3 aromatic carbocycles. The number of aromatic nitrogens is 1. The van der Waals surface area contributed by atoms with Crippen LogP contribution in [0.3, 0.4) is 0 Å². The molecule has 0 saturated heterocycles. The van der Waals surface area contributed by atoms with Crippen LogP contribution in [0.1, 0.15) is 11.1 Å². The van der Waals surface area contributed by atoms with Gasteiger partial charge in [0.25, 0.3) is 0 Å². The van der Waals surface area contributed by atoms with Crippen LogP contribution in [0.15, 0.2) is 77.4 Å². The molecule has 0 saturated carbocycles. The van der Waals surface area contributed by atoms with Gasteiger partial charge in [-0.05, 0) is 53.6 Å². The van der Waals surface area contributed by atoms with Crippen molar-refractivity contribution in [1.29, 1.82) is 0 Å². The smallest absolute Gasteiger partial charge is 0.326 e. The van der Waals surface area contributed by atoms with E-state index in [1.54, 1.807) is 24.4 Å². The zero-order valence-electron chi connectivity index (χ0n) is 19.3. The lowest BCUT2D eigenvalue weighted by molar-refractivity contribution is -0.141. The number of hydrogen-bond acceptors (Lipinski definition) is 6. The van der Waals surface area contributed by atoms with E-state index in [0.29, 0.717) is 22.3 Å². The number of carboxylic acids is 1. The second-order valence-corrected chi connectivity index (χ2v) is 8.53. The van der Waals surface area contributed by atoms with E-state index in [4.69, 9.17) is 4.42 Å². The van der Waals surface area contributed by atoms with Gasteiger partial charge in [-0.2, -0.15) is 0 Å². The highest BCUT2D eigenvalue weighted by Gasteiger charge is 2.21. The molecule has 0 aliphatic rings. The number of amides is 1. The molecule has 0 spiro atoms. The number of carbonyl (C=O) groups is 2. The van der Waals surface area contributed by atoms with Gasteiger partial charge in [-0.15, -0.1) is 0 Å². The van der Waals surface area contributed by atoms with Crippen LogP contribution < -0.4 is 5.32 Å². The van der Waals surface area contributed by atoms with Gasteiger partial charge in [0.1, 0.15) is 11.8 Å². The Kier molecular flexibility index (Phi) is 6.02. The molecule has 9 heteroatoms. The zero-order chi connectivity index (χ0) is 26.1. The summed E-state index contributed by atoms with van der Waals surface area (Å²) in [5.41, 5.74) is 2.85. The highest BCUT2D eigenvalue weighted by atomic mass is 16.4. The van der Waals surface area contributed by atoms with Gasteiger partial charge in [0.15, 0.2) is 22.8 Å². The molecule has 0 unspecified atom stereocenters. The number of benzene rings is 3. The van der Waals surface area contributed by atoms with Gasteiger partial charge in [-0.3, -0.25) is 4.79 Å². The number of phenols is 3. The number of carbonyl (C=O) groups excluding carboxylic acids is 1. The number of furan rings is 1. The highest BCUT2D eigenvalue weighted by molar-refractivity contribution is 5.99. The summed E-state index contributed by atoms with van der Waals surface area (Å²) in [6, 6.07) is 15.2.